The maximum absolute atomic E-state index is 11.9. The summed E-state index contributed by atoms with van der Waals surface area (Å²) in [6.45, 7) is 2.27. The third-order valence-electron chi connectivity index (χ3n) is 2.97. The Labute approximate surface area is 128 Å². The molecule has 0 unspecified atom stereocenters. The van der Waals surface area contributed by atoms with Gasteiger partial charge in [-0.1, -0.05) is 29.8 Å². The van der Waals surface area contributed by atoms with E-state index in [1.165, 1.54) is 12.1 Å². The summed E-state index contributed by atoms with van der Waals surface area (Å²) in [5.41, 5.74) is 2.46. The standard InChI is InChI=1S/C15H14ClNO3S/c1-11-2-6-13(7-3-11)15(18)17-10-12-4-8-14(9-5-12)21(16,19)20/h2-9H,10H2,1H3,(H,17,18). The number of aryl methyl sites for hydroxylation is 1. The first-order chi connectivity index (χ1) is 9.86. The molecule has 0 saturated carbocycles. The van der Waals surface area contributed by atoms with Crippen molar-refractivity contribution in [3.63, 3.8) is 0 Å². The molecule has 2 aromatic carbocycles. The number of rotatable bonds is 4. The van der Waals surface area contributed by atoms with E-state index < -0.39 is 9.05 Å². The molecular formula is C15H14ClNO3S. The molecule has 1 amide bonds. The summed E-state index contributed by atoms with van der Waals surface area (Å²) in [6.07, 6.45) is 0. The van der Waals surface area contributed by atoms with Crippen LogP contribution in [-0.4, -0.2) is 14.3 Å². The van der Waals surface area contributed by atoms with E-state index in [1.54, 1.807) is 24.3 Å². The van der Waals surface area contributed by atoms with Gasteiger partial charge in [0.05, 0.1) is 4.90 Å². The Morgan fingerprint density at radius 1 is 1.05 bits per heavy atom. The summed E-state index contributed by atoms with van der Waals surface area (Å²) >= 11 is 0. The lowest BCUT2D eigenvalue weighted by atomic mass is 10.1. The number of carbonyl (C=O) groups excluding carboxylic acids is 1. The maximum Gasteiger partial charge on any atom is 0.261 e. The molecular weight excluding hydrogens is 310 g/mol. The molecule has 4 nitrogen and oxygen atoms in total. The summed E-state index contributed by atoms with van der Waals surface area (Å²) in [4.78, 5) is 12.0. The van der Waals surface area contributed by atoms with Crippen LogP contribution in [0.25, 0.3) is 0 Å². The minimum Gasteiger partial charge on any atom is -0.348 e. The summed E-state index contributed by atoms with van der Waals surface area (Å²) in [5, 5.41) is 2.77. The monoisotopic (exact) mass is 323 g/mol. The quantitative estimate of drug-likeness (QED) is 0.880. The van der Waals surface area contributed by atoms with Gasteiger partial charge in [-0.25, -0.2) is 8.42 Å². The van der Waals surface area contributed by atoms with Crippen molar-refractivity contribution in [3.8, 4) is 0 Å². The van der Waals surface area contributed by atoms with Crippen LogP contribution < -0.4 is 5.32 Å². The second-order valence-electron chi connectivity index (χ2n) is 4.63. The van der Waals surface area contributed by atoms with Crippen LogP contribution in [0.5, 0.6) is 0 Å². The lowest BCUT2D eigenvalue weighted by molar-refractivity contribution is 0.0951. The van der Waals surface area contributed by atoms with Crippen molar-refractivity contribution < 1.29 is 13.2 Å². The van der Waals surface area contributed by atoms with Crippen LogP contribution in [0.2, 0.25) is 0 Å². The smallest absolute Gasteiger partial charge is 0.261 e. The molecule has 0 atom stereocenters. The second-order valence-corrected chi connectivity index (χ2v) is 7.20. The van der Waals surface area contributed by atoms with Gasteiger partial charge in [-0.05, 0) is 36.8 Å². The van der Waals surface area contributed by atoms with Gasteiger partial charge >= 0.3 is 0 Å². The Morgan fingerprint density at radius 2 is 1.62 bits per heavy atom. The van der Waals surface area contributed by atoms with E-state index in [2.05, 4.69) is 5.32 Å². The molecule has 0 aromatic heterocycles. The largest absolute Gasteiger partial charge is 0.348 e. The van der Waals surface area contributed by atoms with Crippen molar-refractivity contribution in [2.24, 2.45) is 0 Å². The highest BCUT2D eigenvalue weighted by molar-refractivity contribution is 8.13. The zero-order valence-electron chi connectivity index (χ0n) is 11.3. The van der Waals surface area contributed by atoms with Crippen LogP contribution in [0.3, 0.4) is 0 Å². The predicted molar refractivity (Wildman–Crippen MR) is 81.8 cm³/mol. The van der Waals surface area contributed by atoms with Gasteiger partial charge in [0, 0.05) is 22.8 Å². The van der Waals surface area contributed by atoms with Gasteiger partial charge in [-0.2, -0.15) is 0 Å². The fourth-order valence-corrected chi connectivity index (χ4v) is 2.53. The second kappa shape index (κ2) is 6.28. The number of nitrogens with one attached hydrogen (secondary N) is 1. The molecule has 2 rings (SSSR count). The van der Waals surface area contributed by atoms with Crippen LogP contribution in [0, 0.1) is 6.92 Å². The van der Waals surface area contributed by atoms with E-state index in [0.29, 0.717) is 12.1 Å². The van der Waals surface area contributed by atoms with Crippen LogP contribution >= 0.6 is 10.7 Å². The lowest BCUT2D eigenvalue weighted by Crippen LogP contribution is -2.22. The molecule has 0 heterocycles. The average Bonchev–Trinajstić information content (AvgIpc) is 2.45. The zero-order valence-corrected chi connectivity index (χ0v) is 12.9. The van der Waals surface area contributed by atoms with Gasteiger partial charge in [0.15, 0.2) is 0 Å². The van der Waals surface area contributed by atoms with Gasteiger partial charge in [0.1, 0.15) is 0 Å². The third kappa shape index (κ3) is 4.31. The Balaban J connectivity index is 2.00. The molecule has 110 valence electrons. The van der Waals surface area contributed by atoms with Gasteiger partial charge in [0.2, 0.25) is 0 Å². The van der Waals surface area contributed by atoms with Gasteiger partial charge in [-0.15, -0.1) is 0 Å². The van der Waals surface area contributed by atoms with E-state index in [0.717, 1.165) is 11.1 Å². The molecule has 1 N–H and O–H groups in total. The van der Waals surface area contributed by atoms with Crippen molar-refractivity contribution in [1.82, 2.24) is 5.32 Å². The Bertz CT molecular complexity index is 737. The molecule has 0 aliphatic heterocycles. The van der Waals surface area contributed by atoms with Crippen LogP contribution in [0.1, 0.15) is 21.5 Å². The van der Waals surface area contributed by atoms with Gasteiger partial charge < -0.3 is 5.32 Å². The molecule has 2 aromatic rings. The van der Waals surface area contributed by atoms with Crippen LogP contribution in [0.4, 0.5) is 0 Å². The van der Waals surface area contributed by atoms with Crippen LogP contribution in [0.15, 0.2) is 53.4 Å². The van der Waals surface area contributed by atoms with Crippen molar-refractivity contribution in [2.45, 2.75) is 18.4 Å². The van der Waals surface area contributed by atoms with Crippen molar-refractivity contribution in [3.05, 3.63) is 65.2 Å². The number of amides is 1. The highest BCUT2D eigenvalue weighted by Crippen LogP contribution is 2.15. The molecule has 0 saturated heterocycles. The van der Waals surface area contributed by atoms with E-state index in [-0.39, 0.29) is 10.8 Å². The number of hydrogen-bond donors (Lipinski definition) is 1. The zero-order chi connectivity index (χ0) is 15.5. The molecule has 0 radical (unpaired) electrons. The highest BCUT2D eigenvalue weighted by atomic mass is 35.7. The van der Waals surface area contributed by atoms with E-state index in [9.17, 15) is 13.2 Å². The van der Waals surface area contributed by atoms with Crippen molar-refractivity contribution in [2.75, 3.05) is 0 Å². The topological polar surface area (TPSA) is 63.2 Å². The van der Waals surface area contributed by atoms with Crippen molar-refractivity contribution in [1.29, 1.82) is 0 Å². The number of hydrogen-bond acceptors (Lipinski definition) is 3. The van der Waals surface area contributed by atoms with E-state index >= 15 is 0 Å². The lowest BCUT2D eigenvalue weighted by Gasteiger charge is -2.06. The Morgan fingerprint density at radius 3 is 2.14 bits per heavy atom. The molecule has 0 fully saturated rings. The van der Waals surface area contributed by atoms with E-state index in [4.69, 9.17) is 10.7 Å². The molecule has 21 heavy (non-hydrogen) atoms. The first-order valence-corrected chi connectivity index (χ1v) is 8.56. The van der Waals surface area contributed by atoms with E-state index in [1.807, 2.05) is 19.1 Å². The molecule has 6 heteroatoms. The number of benzene rings is 2. The summed E-state index contributed by atoms with van der Waals surface area (Å²) < 4.78 is 22.2. The van der Waals surface area contributed by atoms with Crippen LogP contribution in [-0.2, 0) is 15.6 Å². The molecule has 0 bridgehead atoms. The van der Waals surface area contributed by atoms with Gasteiger partial charge in [-0.3, -0.25) is 4.79 Å². The predicted octanol–water partition coefficient (Wildman–Crippen LogP) is 2.85. The summed E-state index contributed by atoms with van der Waals surface area (Å²) in [5.74, 6) is -0.177. The molecule has 0 aliphatic rings. The summed E-state index contributed by atoms with van der Waals surface area (Å²) in [6, 6.07) is 13.3. The first-order valence-electron chi connectivity index (χ1n) is 6.25. The maximum atomic E-state index is 11.9. The highest BCUT2D eigenvalue weighted by Gasteiger charge is 2.09. The number of carbonyl (C=O) groups is 1. The SMILES string of the molecule is Cc1ccc(C(=O)NCc2ccc(S(=O)(=O)Cl)cc2)cc1. The minimum atomic E-state index is -3.71. The third-order valence-corrected chi connectivity index (χ3v) is 4.34. The van der Waals surface area contributed by atoms with Crippen molar-refractivity contribution >= 4 is 25.6 Å². The van der Waals surface area contributed by atoms with Gasteiger partial charge in [0.25, 0.3) is 15.0 Å². The first kappa shape index (κ1) is 15.5. The molecule has 0 aliphatic carbocycles. The summed E-state index contributed by atoms with van der Waals surface area (Å²) in [7, 11) is 1.52. The Hall–Kier alpha value is -1.85. The fraction of sp³-hybridized carbons (Fsp3) is 0.133. The number of halogens is 1. The normalized spacial score (nSPS) is 11.1. The minimum absolute atomic E-state index is 0.0396. The Kier molecular flexibility index (Phi) is 4.65. The molecule has 0 spiro atoms. The fourth-order valence-electron chi connectivity index (χ4n) is 1.76. The average molecular weight is 324 g/mol.